The van der Waals surface area contributed by atoms with Crippen molar-refractivity contribution in [2.75, 3.05) is 19.5 Å². The van der Waals surface area contributed by atoms with Crippen molar-refractivity contribution in [3.05, 3.63) is 24.3 Å². The molecule has 1 fully saturated rings. The van der Waals surface area contributed by atoms with Gasteiger partial charge in [-0.2, -0.15) is 13.6 Å². The molecule has 106 valence electrons. The lowest BCUT2D eigenvalue weighted by Gasteiger charge is -2.24. The molecule has 1 aliphatic heterocycles. The van der Waals surface area contributed by atoms with Gasteiger partial charge in [0.05, 0.1) is 11.9 Å². The molecule has 1 heterocycles. The zero-order valence-electron chi connectivity index (χ0n) is 11.2. The third-order valence-corrected chi connectivity index (χ3v) is 6.74. The lowest BCUT2D eigenvalue weighted by atomic mass is 10.2. The van der Waals surface area contributed by atoms with Crippen LogP contribution in [0.5, 0.6) is 5.75 Å². The van der Waals surface area contributed by atoms with E-state index >= 15 is 0 Å². The molecule has 1 N–H and O–H groups in total. The molecule has 1 aliphatic rings. The van der Waals surface area contributed by atoms with Crippen LogP contribution >= 0.6 is 11.8 Å². The van der Waals surface area contributed by atoms with Gasteiger partial charge in [-0.15, -0.1) is 0 Å². The summed E-state index contributed by atoms with van der Waals surface area (Å²) in [6, 6.07) is 6.07. The summed E-state index contributed by atoms with van der Waals surface area (Å²) in [5.74, 6) is 0.723. The topological polar surface area (TPSA) is 63.6 Å². The van der Waals surface area contributed by atoms with E-state index in [1.54, 1.807) is 12.1 Å². The number of thioether (sulfide) groups is 1. The highest BCUT2D eigenvalue weighted by Gasteiger charge is 2.53. The van der Waals surface area contributed by atoms with Crippen LogP contribution < -0.4 is 4.74 Å². The first-order chi connectivity index (χ1) is 8.70. The van der Waals surface area contributed by atoms with Gasteiger partial charge in [-0.3, -0.25) is 0 Å². The summed E-state index contributed by atoms with van der Waals surface area (Å²) in [6.45, 7) is 4.03. The molecule has 0 radical (unpaired) electrons. The molecule has 1 aromatic rings. The Hall–Kier alpha value is -0.760. The summed E-state index contributed by atoms with van der Waals surface area (Å²) < 4.78 is 28.8. The van der Waals surface area contributed by atoms with Crippen LogP contribution in [0.4, 0.5) is 0 Å². The predicted octanol–water partition coefficient (Wildman–Crippen LogP) is 2.07. The third kappa shape index (κ3) is 2.60. The van der Waals surface area contributed by atoms with Crippen molar-refractivity contribution in [1.82, 2.24) is 0 Å². The summed E-state index contributed by atoms with van der Waals surface area (Å²) in [7, 11) is -2.30. The number of rotatable bonds is 3. The summed E-state index contributed by atoms with van der Waals surface area (Å²) in [5.41, 5.74) is 0. The highest BCUT2D eigenvalue weighted by atomic mass is 32.2. The number of hydrogen-bond donors (Lipinski definition) is 1. The quantitative estimate of drug-likeness (QED) is 0.866. The molecule has 0 saturated carbocycles. The van der Waals surface area contributed by atoms with Gasteiger partial charge < -0.3 is 4.74 Å². The largest absolute Gasteiger partial charge is 0.497 e. The Balaban J connectivity index is 2.37. The molecule has 2 rings (SSSR count). The molecule has 0 aromatic heterocycles. The van der Waals surface area contributed by atoms with E-state index in [1.807, 2.05) is 13.8 Å². The maximum Gasteiger partial charge on any atom is 0.357 e. The van der Waals surface area contributed by atoms with Gasteiger partial charge in [-0.25, -0.2) is 0 Å². The Morgan fingerprint density at radius 1 is 1.32 bits per heavy atom. The minimum atomic E-state index is -3.82. The van der Waals surface area contributed by atoms with Crippen molar-refractivity contribution in [2.45, 2.75) is 23.5 Å². The SMILES string of the molecule is COc1ccc(S(=O)(=O)[N+]2(O)CSC(C)(C)C2)cc1. The average molecular weight is 304 g/mol. The lowest BCUT2D eigenvalue weighted by molar-refractivity contribution is -0.987. The average Bonchev–Trinajstić information content (AvgIpc) is 2.65. The van der Waals surface area contributed by atoms with E-state index in [2.05, 4.69) is 0 Å². The first kappa shape index (κ1) is 14.6. The first-order valence-corrected chi connectivity index (χ1v) is 8.26. The van der Waals surface area contributed by atoms with Crippen LogP contribution in [0.3, 0.4) is 0 Å². The molecule has 0 amide bonds. The molecular formula is C12H18NO4S2+. The van der Waals surface area contributed by atoms with Crippen LogP contribution in [0.25, 0.3) is 0 Å². The number of sulfonamides is 1. The fourth-order valence-electron chi connectivity index (χ4n) is 2.06. The standard InChI is InChI=1S/C12H18NO4S2/c1-12(2)8-13(14,9-18-12)19(15,16)11-6-4-10(17-3)5-7-11/h4-7,14H,8-9H2,1-3H3/q+1. The lowest BCUT2D eigenvalue weighted by Crippen LogP contribution is -2.49. The minimum Gasteiger partial charge on any atom is -0.497 e. The first-order valence-electron chi connectivity index (χ1n) is 5.83. The molecule has 1 saturated heterocycles. The number of benzene rings is 1. The highest BCUT2D eigenvalue weighted by molar-refractivity contribution is 8.01. The maximum atomic E-state index is 12.5. The van der Waals surface area contributed by atoms with Crippen LogP contribution in [0, 0.1) is 0 Å². The molecule has 7 heteroatoms. The van der Waals surface area contributed by atoms with E-state index in [4.69, 9.17) is 4.74 Å². The van der Waals surface area contributed by atoms with Gasteiger partial charge in [-0.05, 0) is 38.1 Å². The number of nitrogens with zero attached hydrogens (tertiary/aromatic N) is 1. The number of hydrogen-bond acceptors (Lipinski definition) is 5. The van der Waals surface area contributed by atoms with E-state index < -0.39 is 14.1 Å². The van der Waals surface area contributed by atoms with Crippen molar-refractivity contribution in [1.29, 1.82) is 0 Å². The van der Waals surface area contributed by atoms with Crippen molar-refractivity contribution in [3.63, 3.8) is 0 Å². The fourth-order valence-corrected chi connectivity index (χ4v) is 5.17. The van der Waals surface area contributed by atoms with Gasteiger partial charge >= 0.3 is 10.0 Å². The molecule has 5 nitrogen and oxygen atoms in total. The van der Waals surface area contributed by atoms with Crippen LogP contribution in [-0.2, 0) is 10.0 Å². The van der Waals surface area contributed by atoms with Crippen LogP contribution in [0.2, 0.25) is 0 Å². The molecule has 1 atom stereocenters. The van der Waals surface area contributed by atoms with Crippen LogP contribution in [-0.4, -0.2) is 42.0 Å². The van der Waals surface area contributed by atoms with Gasteiger partial charge in [0.2, 0.25) is 0 Å². The van der Waals surface area contributed by atoms with Crippen molar-refractivity contribution in [2.24, 2.45) is 0 Å². The summed E-state index contributed by atoms with van der Waals surface area (Å²) in [6.07, 6.45) is 0. The molecule has 0 spiro atoms. The van der Waals surface area contributed by atoms with Crippen molar-refractivity contribution >= 4 is 21.8 Å². The number of quaternary nitrogens is 1. The Morgan fingerprint density at radius 3 is 2.32 bits per heavy atom. The van der Waals surface area contributed by atoms with Gasteiger partial charge in [0, 0.05) is 0 Å². The summed E-state index contributed by atoms with van der Waals surface area (Å²) in [5, 5.41) is 10.4. The predicted molar refractivity (Wildman–Crippen MR) is 73.6 cm³/mol. The van der Waals surface area contributed by atoms with Crippen molar-refractivity contribution in [3.8, 4) is 5.75 Å². The monoisotopic (exact) mass is 304 g/mol. The smallest absolute Gasteiger partial charge is 0.357 e. The Bertz CT molecular complexity index is 568. The number of hydroxylamine groups is 2. The van der Waals surface area contributed by atoms with E-state index in [0.717, 1.165) is 0 Å². The second kappa shape index (κ2) is 4.66. The maximum absolute atomic E-state index is 12.5. The van der Waals surface area contributed by atoms with Gasteiger partial charge in [0.1, 0.15) is 17.2 Å². The normalized spacial score (nSPS) is 26.3. The molecule has 1 aromatic carbocycles. The van der Waals surface area contributed by atoms with Crippen molar-refractivity contribution < 1.29 is 22.4 Å². The highest BCUT2D eigenvalue weighted by Crippen LogP contribution is 2.41. The van der Waals surface area contributed by atoms with Gasteiger partial charge in [0.15, 0.2) is 5.88 Å². The second-order valence-corrected chi connectivity index (χ2v) is 8.94. The van der Waals surface area contributed by atoms with E-state index in [0.29, 0.717) is 5.75 Å². The summed E-state index contributed by atoms with van der Waals surface area (Å²) >= 11 is 1.45. The van der Waals surface area contributed by atoms with E-state index in [-0.39, 0.29) is 22.1 Å². The Morgan fingerprint density at radius 2 is 1.89 bits per heavy atom. The molecule has 0 bridgehead atoms. The molecule has 1 unspecified atom stereocenters. The van der Waals surface area contributed by atoms with E-state index in [1.165, 1.54) is 31.0 Å². The molecule has 0 aliphatic carbocycles. The number of ether oxygens (including phenoxy) is 1. The fraction of sp³-hybridized carbons (Fsp3) is 0.500. The molecule has 19 heavy (non-hydrogen) atoms. The van der Waals surface area contributed by atoms with Crippen LogP contribution in [0.15, 0.2) is 29.2 Å². The zero-order valence-corrected chi connectivity index (χ0v) is 12.8. The van der Waals surface area contributed by atoms with E-state index in [9.17, 15) is 13.6 Å². The van der Waals surface area contributed by atoms with Gasteiger partial charge in [0.25, 0.3) is 0 Å². The Labute approximate surface area is 117 Å². The molecular weight excluding hydrogens is 286 g/mol. The van der Waals surface area contributed by atoms with Gasteiger partial charge in [-0.1, -0.05) is 15.8 Å². The minimum absolute atomic E-state index is 0.106. The Kier molecular flexibility index (Phi) is 3.59. The number of methoxy groups -OCH3 is 1. The van der Waals surface area contributed by atoms with Crippen LogP contribution in [0.1, 0.15) is 13.8 Å². The second-order valence-electron chi connectivity index (χ2n) is 5.19. The third-order valence-electron chi connectivity index (χ3n) is 3.09. The summed E-state index contributed by atoms with van der Waals surface area (Å²) in [4.78, 5) is 0.106. The zero-order chi connectivity index (χ0) is 14.3.